The highest BCUT2D eigenvalue weighted by Gasteiger charge is 2.32. The van der Waals surface area contributed by atoms with Crippen molar-refractivity contribution in [2.45, 2.75) is 76.3 Å². The van der Waals surface area contributed by atoms with Crippen LogP contribution in [-0.2, 0) is 9.59 Å². The van der Waals surface area contributed by atoms with Crippen LogP contribution in [0, 0.1) is 5.92 Å². The molecule has 3 fully saturated rings. The lowest BCUT2D eigenvalue weighted by molar-refractivity contribution is -0.134. The van der Waals surface area contributed by atoms with E-state index in [4.69, 9.17) is 0 Å². The van der Waals surface area contributed by atoms with Crippen molar-refractivity contribution in [3.8, 4) is 0 Å². The predicted molar refractivity (Wildman–Crippen MR) is 106 cm³/mol. The van der Waals surface area contributed by atoms with Crippen molar-refractivity contribution in [3.63, 3.8) is 0 Å². The van der Waals surface area contributed by atoms with Crippen molar-refractivity contribution in [2.75, 3.05) is 26.7 Å². The minimum atomic E-state index is 0.110. The van der Waals surface area contributed by atoms with Crippen LogP contribution >= 0.6 is 0 Å². The first kappa shape index (κ1) is 20.0. The summed E-state index contributed by atoms with van der Waals surface area (Å²) in [6.45, 7) is 2.14. The molecule has 1 heterocycles. The molecule has 0 aromatic rings. The number of nitrogens with zero attached hydrogens (tertiary/aromatic N) is 2. The molecule has 27 heavy (non-hydrogen) atoms. The maximum absolute atomic E-state index is 12.5. The lowest BCUT2D eigenvalue weighted by Crippen LogP contribution is -2.46. The molecule has 0 bridgehead atoms. The average molecular weight is 378 g/mol. The normalized spacial score (nSPS) is 24.4. The van der Waals surface area contributed by atoms with E-state index in [-0.39, 0.29) is 17.9 Å². The minimum Gasteiger partial charge on any atom is -0.356 e. The van der Waals surface area contributed by atoms with E-state index in [1.807, 2.05) is 4.90 Å². The third kappa shape index (κ3) is 5.84. The van der Waals surface area contributed by atoms with Gasteiger partial charge in [0.05, 0.1) is 0 Å². The Morgan fingerprint density at radius 1 is 0.963 bits per heavy atom. The second-order valence-corrected chi connectivity index (χ2v) is 8.19. The Kier molecular flexibility index (Phi) is 7.35. The fourth-order valence-electron chi connectivity index (χ4n) is 4.56. The summed E-state index contributed by atoms with van der Waals surface area (Å²) in [5.41, 5.74) is 0. The lowest BCUT2D eigenvalue weighted by Gasteiger charge is -2.21. The molecule has 7 nitrogen and oxygen atoms in total. The van der Waals surface area contributed by atoms with Crippen molar-refractivity contribution in [1.29, 1.82) is 0 Å². The molecule has 2 amide bonds. The van der Waals surface area contributed by atoms with Crippen molar-refractivity contribution in [1.82, 2.24) is 20.9 Å². The van der Waals surface area contributed by atoms with Gasteiger partial charge in [-0.05, 0) is 32.1 Å². The first-order chi connectivity index (χ1) is 13.2. The Morgan fingerprint density at radius 2 is 1.67 bits per heavy atom. The monoisotopic (exact) mass is 377 g/mol. The zero-order valence-electron chi connectivity index (χ0n) is 16.6. The Labute approximate surface area is 162 Å². The molecule has 3 rings (SSSR count). The van der Waals surface area contributed by atoms with Gasteiger partial charge in [0.2, 0.25) is 11.8 Å². The predicted octanol–water partition coefficient (Wildman–Crippen LogP) is 1.39. The van der Waals surface area contributed by atoms with E-state index in [1.54, 1.807) is 7.05 Å². The van der Waals surface area contributed by atoms with Crippen LogP contribution in [0.2, 0.25) is 0 Å². The molecule has 1 atom stereocenters. The average Bonchev–Trinajstić information content (AvgIpc) is 3.42. The van der Waals surface area contributed by atoms with Gasteiger partial charge in [-0.3, -0.25) is 14.6 Å². The maximum Gasteiger partial charge on any atom is 0.225 e. The van der Waals surface area contributed by atoms with E-state index >= 15 is 0 Å². The topological polar surface area (TPSA) is 85.8 Å². The van der Waals surface area contributed by atoms with E-state index in [9.17, 15) is 9.59 Å². The highest BCUT2D eigenvalue weighted by molar-refractivity contribution is 5.82. The number of carbonyl (C=O) groups is 2. The summed E-state index contributed by atoms with van der Waals surface area (Å²) in [7, 11) is 1.74. The number of hydrogen-bond donors (Lipinski definition) is 3. The summed E-state index contributed by atoms with van der Waals surface area (Å²) < 4.78 is 0. The summed E-state index contributed by atoms with van der Waals surface area (Å²) in [6.07, 6.45) is 10.6. The largest absolute Gasteiger partial charge is 0.356 e. The van der Waals surface area contributed by atoms with Gasteiger partial charge >= 0.3 is 0 Å². The van der Waals surface area contributed by atoms with Gasteiger partial charge in [0.1, 0.15) is 0 Å². The molecule has 3 N–H and O–H groups in total. The maximum atomic E-state index is 12.5. The fourth-order valence-corrected chi connectivity index (χ4v) is 4.56. The van der Waals surface area contributed by atoms with Crippen molar-refractivity contribution in [2.24, 2.45) is 10.9 Å². The second kappa shape index (κ2) is 9.95. The van der Waals surface area contributed by atoms with Crippen molar-refractivity contribution < 1.29 is 9.59 Å². The van der Waals surface area contributed by atoms with Crippen LogP contribution in [0.25, 0.3) is 0 Å². The quantitative estimate of drug-likeness (QED) is 0.482. The van der Waals surface area contributed by atoms with E-state index in [0.717, 1.165) is 45.2 Å². The van der Waals surface area contributed by atoms with Gasteiger partial charge in [0.15, 0.2) is 5.96 Å². The van der Waals surface area contributed by atoms with Crippen LogP contribution in [0.5, 0.6) is 0 Å². The lowest BCUT2D eigenvalue weighted by atomic mass is 10.1. The van der Waals surface area contributed by atoms with Crippen LogP contribution < -0.4 is 16.0 Å². The number of nitrogens with one attached hydrogen (secondary N) is 3. The molecule has 7 heteroatoms. The van der Waals surface area contributed by atoms with Crippen LogP contribution in [0.15, 0.2) is 4.99 Å². The van der Waals surface area contributed by atoms with Gasteiger partial charge in [-0.2, -0.15) is 0 Å². The molecular formula is C20H35N5O2. The number of amides is 2. The molecule has 2 saturated carbocycles. The number of hydrogen-bond acceptors (Lipinski definition) is 3. The molecule has 3 aliphatic rings. The van der Waals surface area contributed by atoms with E-state index in [2.05, 4.69) is 20.9 Å². The Hall–Kier alpha value is -1.79. The van der Waals surface area contributed by atoms with E-state index in [0.29, 0.717) is 30.9 Å². The minimum absolute atomic E-state index is 0.110. The summed E-state index contributed by atoms with van der Waals surface area (Å²) in [4.78, 5) is 30.8. The first-order valence-electron chi connectivity index (χ1n) is 10.7. The van der Waals surface area contributed by atoms with E-state index < -0.39 is 0 Å². The van der Waals surface area contributed by atoms with Gasteiger partial charge in [0, 0.05) is 51.1 Å². The van der Waals surface area contributed by atoms with Gasteiger partial charge in [-0.15, -0.1) is 0 Å². The van der Waals surface area contributed by atoms with Crippen LogP contribution in [0.3, 0.4) is 0 Å². The Balaban J connectivity index is 1.34. The summed E-state index contributed by atoms with van der Waals surface area (Å²) >= 11 is 0. The number of likely N-dealkylation sites (tertiary alicyclic amines) is 1. The number of aliphatic imine (C=N–C) groups is 1. The van der Waals surface area contributed by atoms with Crippen molar-refractivity contribution >= 4 is 17.8 Å². The van der Waals surface area contributed by atoms with Crippen LogP contribution in [-0.4, -0.2) is 61.4 Å². The van der Waals surface area contributed by atoms with Crippen LogP contribution in [0.1, 0.15) is 64.2 Å². The standard InChI is InChI=1S/C20H35N5O2/c1-21-20(22-12-10-18(26)23-16-8-4-5-9-16)24-17-11-13-25(14-17)19(27)15-6-2-3-7-15/h15-17H,2-14H2,1H3,(H,23,26)(H2,21,22,24). The molecule has 1 aliphatic heterocycles. The summed E-state index contributed by atoms with van der Waals surface area (Å²) in [5.74, 6) is 1.41. The van der Waals surface area contributed by atoms with E-state index in [1.165, 1.54) is 25.7 Å². The summed E-state index contributed by atoms with van der Waals surface area (Å²) in [6, 6.07) is 0.602. The van der Waals surface area contributed by atoms with Crippen molar-refractivity contribution in [3.05, 3.63) is 0 Å². The zero-order valence-corrected chi connectivity index (χ0v) is 16.6. The molecule has 1 unspecified atom stereocenters. The van der Waals surface area contributed by atoms with Gasteiger partial charge in [0.25, 0.3) is 0 Å². The van der Waals surface area contributed by atoms with Gasteiger partial charge < -0.3 is 20.9 Å². The van der Waals surface area contributed by atoms with Gasteiger partial charge in [-0.1, -0.05) is 25.7 Å². The summed E-state index contributed by atoms with van der Waals surface area (Å²) in [5, 5.41) is 9.73. The third-order valence-electron chi connectivity index (χ3n) is 6.13. The molecule has 0 radical (unpaired) electrons. The SMILES string of the molecule is CN=C(NCCC(=O)NC1CCCC1)NC1CCN(C(=O)C2CCCC2)C1. The molecule has 1 saturated heterocycles. The first-order valence-corrected chi connectivity index (χ1v) is 10.7. The smallest absolute Gasteiger partial charge is 0.225 e. The van der Waals surface area contributed by atoms with Crippen LogP contribution in [0.4, 0.5) is 0 Å². The molecule has 152 valence electrons. The molecule has 0 aromatic heterocycles. The number of rotatable bonds is 6. The molecular weight excluding hydrogens is 342 g/mol. The molecule has 0 spiro atoms. The Bertz CT molecular complexity index is 538. The number of carbonyl (C=O) groups excluding carboxylic acids is 2. The zero-order chi connectivity index (χ0) is 19.1. The Morgan fingerprint density at radius 3 is 2.37 bits per heavy atom. The third-order valence-corrected chi connectivity index (χ3v) is 6.13. The number of guanidine groups is 1. The molecule has 2 aliphatic carbocycles. The highest BCUT2D eigenvalue weighted by Crippen LogP contribution is 2.27. The highest BCUT2D eigenvalue weighted by atomic mass is 16.2. The second-order valence-electron chi connectivity index (χ2n) is 8.19. The van der Waals surface area contributed by atoms with Gasteiger partial charge in [-0.25, -0.2) is 0 Å². The fraction of sp³-hybridized carbons (Fsp3) is 0.850. The molecule has 0 aromatic carbocycles.